The van der Waals surface area contributed by atoms with Crippen molar-refractivity contribution in [3.63, 3.8) is 0 Å². The van der Waals surface area contributed by atoms with Crippen molar-refractivity contribution in [3.8, 4) is 5.75 Å². The lowest BCUT2D eigenvalue weighted by molar-refractivity contribution is -0.117. The maximum absolute atomic E-state index is 12.0. The lowest BCUT2D eigenvalue weighted by Gasteiger charge is -2.33. The first kappa shape index (κ1) is 16.2. The first-order valence-electron chi connectivity index (χ1n) is 8.15. The van der Waals surface area contributed by atoms with E-state index in [-0.39, 0.29) is 11.9 Å². The third-order valence-corrected chi connectivity index (χ3v) is 4.22. The predicted octanol–water partition coefficient (Wildman–Crippen LogP) is 3.09. The fourth-order valence-electron chi connectivity index (χ4n) is 2.87. The lowest BCUT2D eigenvalue weighted by Crippen LogP contribution is -2.44. The van der Waals surface area contributed by atoms with Gasteiger partial charge in [0.2, 0.25) is 5.91 Å². The lowest BCUT2D eigenvalue weighted by atomic mass is 10.0. The highest BCUT2D eigenvalue weighted by Crippen LogP contribution is 2.22. The molecule has 1 fully saturated rings. The van der Waals surface area contributed by atoms with Crippen molar-refractivity contribution < 1.29 is 13.9 Å². The molecule has 1 amide bonds. The number of rotatable bonds is 5. The number of ether oxygens (including phenoxy) is 1. The molecular weight excluding hydrogens is 304 g/mol. The molecule has 1 aromatic heterocycles. The van der Waals surface area contributed by atoms with Gasteiger partial charge in [0.25, 0.3) is 0 Å². The monoisotopic (exact) mass is 326 g/mol. The number of carbonyl (C=O) groups is 1. The van der Waals surface area contributed by atoms with Gasteiger partial charge < -0.3 is 19.4 Å². The largest absolute Gasteiger partial charge is 0.497 e. The zero-order valence-electron chi connectivity index (χ0n) is 13.8. The molecule has 1 N–H and O–H groups in total. The van der Waals surface area contributed by atoms with Crippen molar-refractivity contribution in [2.75, 3.05) is 25.1 Å². The van der Waals surface area contributed by atoms with Crippen LogP contribution in [0.5, 0.6) is 5.75 Å². The van der Waals surface area contributed by atoms with Crippen LogP contribution >= 0.6 is 0 Å². The van der Waals surface area contributed by atoms with Crippen LogP contribution in [0.2, 0.25) is 0 Å². The molecule has 0 aliphatic carbocycles. The van der Waals surface area contributed by atoms with Gasteiger partial charge in [-0.05, 0) is 55.3 Å². The summed E-state index contributed by atoms with van der Waals surface area (Å²) in [5.74, 6) is 1.47. The number of nitrogens with zero attached hydrogens (tertiary/aromatic N) is 1. The van der Waals surface area contributed by atoms with Gasteiger partial charge in [0.05, 0.1) is 13.4 Å². The third kappa shape index (κ3) is 4.19. The van der Waals surface area contributed by atoms with Gasteiger partial charge in [-0.3, -0.25) is 4.79 Å². The highest BCUT2D eigenvalue weighted by atomic mass is 16.5. The Kier molecular flexibility index (Phi) is 5.21. The van der Waals surface area contributed by atoms with Crippen LogP contribution in [-0.2, 0) is 4.79 Å². The summed E-state index contributed by atoms with van der Waals surface area (Å²) in [6, 6.07) is 11.9. The number of hydrogen-bond donors (Lipinski definition) is 1. The Morgan fingerprint density at radius 1 is 1.25 bits per heavy atom. The van der Waals surface area contributed by atoms with Gasteiger partial charge in [-0.15, -0.1) is 0 Å². The highest BCUT2D eigenvalue weighted by molar-refractivity contribution is 5.91. The fraction of sp³-hybridized carbons (Fsp3) is 0.316. The number of benzene rings is 1. The van der Waals surface area contributed by atoms with E-state index in [1.165, 1.54) is 11.8 Å². The molecule has 1 aromatic carbocycles. The second-order valence-corrected chi connectivity index (χ2v) is 5.82. The molecule has 5 nitrogen and oxygen atoms in total. The Morgan fingerprint density at radius 3 is 2.62 bits per heavy atom. The van der Waals surface area contributed by atoms with E-state index >= 15 is 0 Å². The molecule has 0 spiro atoms. The molecule has 0 radical (unpaired) electrons. The summed E-state index contributed by atoms with van der Waals surface area (Å²) in [7, 11) is 1.67. The van der Waals surface area contributed by atoms with Crippen LogP contribution in [0.4, 0.5) is 5.69 Å². The normalized spacial score (nSPS) is 15.6. The van der Waals surface area contributed by atoms with Crippen molar-refractivity contribution in [1.29, 1.82) is 0 Å². The minimum Gasteiger partial charge on any atom is -0.497 e. The Morgan fingerprint density at radius 2 is 2.00 bits per heavy atom. The van der Waals surface area contributed by atoms with Crippen LogP contribution in [0.25, 0.3) is 6.08 Å². The molecule has 3 rings (SSSR count). The summed E-state index contributed by atoms with van der Waals surface area (Å²) < 4.78 is 10.4. The summed E-state index contributed by atoms with van der Waals surface area (Å²) in [5.41, 5.74) is 1.19. The second-order valence-electron chi connectivity index (χ2n) is 5.82. The van der Waals surface area contributed by atoms with Gasteiger partial charge >= 0.3 is 0 Å². The van der Waals surface area contributed by atoms with Crippen molar-refractivity contribution >= 4 is 17.7 Å². The van der Waals surface area contributed by atoms with Crippen LogP contribution in [0.15, 0.2) is 53.2 Å². The van der Waals surface area contributed by atoms with E-state index in [1.54, 1.807) is 25.5 Å². The molecule has 1 aliphatic rings. The Labute approximate surface area is 141 Å². The summed E-state index contributed by atoms with van der Waals surface area (Å²) >= 11 is 0. The van der Waals surface area contributed by atoms with Gasteiger partial charge in [-0.2, -0.15) is 0 Å². The number of piperidine rings is 1. The predicted molar refractivity (Wildman–Crippen MR) is 94.1 cm³/mol. The zero-order chi connectivity index (χ0) is 16.8. The molecule has 0 unspecified atom stereocenters. The Hall–Kier alpha value is -2.69. The first-order valence-corrected chi connectivity index (χ1v) is 8.15. The standard InChI is InChI=1S/C19H22N2O3/c1-23-17-6-4-16(5-7-17)21-12-10-15(11-13-21)20-19(22)9-8-18-3-2-14-24-18/h2-9,14-15H,10-13H2,1H3,(H,20,22). The van der Waals surface area contributed by atoms with Gasteiger partial charge in [0.15, 0.2) is 0 Å². The summed E-state index contributed by atoms with van der Waals surface area (Å²) in [5, 5.41) is 3.06. The average Bonchev–Trinajstić information content (AvgIpc) is 3.14. The number of anilines is 1. The Balaban J connectivity index is 1.47. The molecule has 2 aromatic rings. The minimum atomic E-state index is -0.0747. The van der Waals surface area contributed by atoms with Crippen molar-refractivity contribution in [1.82, 2.24) is 5.32 Å². The van der Waals surface area contributed by atoms with Gasteiger partial charge in [0, 0.05) is 30.9 Å². The quantitative estimate of drug-likeness (QED) is 0.858. The number of amides is 1. The summed E-state index contributed by atoms with van der Waals surface area (Å²) in [6.45, 7) is 1.86. The fourth-order valence-corrected chi connectivity index (χ4v) is 2.87. The topological polar surface area (TPSA) is 54.7 Å². The first-order chi connectivity index (χ1) is 11.7. The van der Waals surface area contributed by atoms with Crippen molar-refractivity contribution in [2.45, 2.75) is 18.9 Å². The van der Waals surface area contributed by atoms with E-state index in [0.29, 0.717) is 5.76 Å². The third-order valence-electron chi connectivity index (χ3n) is 4.22. The van der Waals surface area contributed by atoms with Crippen LogP contribution in [-0.4, -0.2) is 32.1 Å². The number of furan rings is 1. The summed E-state index contributed by atoms with van der Waals surface area (Å²) in [6.07, 6.45) is 6.67. The van der Waals surface area contributed by atoms with Crippen LogP contribution in [0.3, 0.4) is 0 Å². The van der Waals surface area contributed by atoms with Crippen molar-refractivity contribution in [2.24, 2.45) is 0 Å². The van der Waals surface area contributed by atoms with E-state index in [9.17, 15) is 4.79 Å². The molecule has 2 heterocycles. The van der Waals surface area contributed by atoms with Gasteiger partial charge in [-0.25, -0.2) is 0 Å². The zero-order valence-corrected chi connectivity index (χ0v) is 13.8. The molecular formula is C19H22N2O3. The van der Waals surface area contributed by atoms with Crippen LogP contribution in [0, 0.1) is 0 Å². The number of methoxy groups -OCH3 is 1. The maximum Gasteiger partial charge on any atom is 0.244 e. The van der Waals surface area contributed by atoms with E-state index in [2.05, 4.69) is 22.3 Å². The van der Waals surface area contributed by atoms with E-state index in [0.717, 1.165) is 31.7 Å². The molecule has 24 heavy (non-hydrogen) atoms. The molecule has 0 saturated carbocycles. The molecule has 1 aliphatic heterocycles. The van der Waals surface area contributed by atoms with Gasteiger partial charge in [-0.1, -0.05) is 0 Å². The average molecular weight is 326 g/mol. The second kappa shape index (κ2) is 7.73. The van der Waals surface area contributed by atoms with Crippen LogP contribution in [0.1, 0.15) is 18.6 Å². The van der Waals surface area contributed by atoms with Gasteiger partial charge in [0.1, 0.15) is 11.5 Å². The molecule has 126 valence electrons. The number of carbonyl (C=O) groups excluding carboxylic acids is 1. The maximum atomic E-state index is 12.0. The Bertz CT molecular complexity index is 669. The molecule has 0 atom stereocenters. The highest BCUT2D eigenvalue weighted by Gasteiger charge is 2.20. The SMILES string of the molecule is COc1ccc(N2CCC(NC(=O)C=Cc3ccco3)CC2)cc1. The number of nitrogens with one attached hydrogen (secondary N) is 1. The van der Waals surface area contributed by atoms with Crippen molar-refractivity contribution in [3.05, 3.63) is 54.5 Å². The smallest absolute Gasteiger partial charge is 0.244 e. The number of hydrogen-bond acceptors (Lipinski definition) is 4. The van der Waals surface area contributed by atoms with E-state index in [1.807, 2.05) is 18.2 Å². The van der Waals surface area contributed by atoms with E-state index < -0.39 is 0 Å². The van der Waals surface area contributed by atoms with Crippen LogP contribution < -0.4 is 15.0 Å². The van der Waals surface area contributed by atoms with E-state index in [4.69, 9.17) is 9.15 Å². The summed E-state index contributed by atoms with van der Waals surface area (Å²) in [4.78, 5) is 14.3. The molecule has 5 heteroatoms. The molecule has 0 bridgehead atoms. The minimum absolute atomic E-state index is 0.0747. The molecule has 1 saturated heterocycles.